The molecule has 0 fully saturated rings. The number of benzene rings is 1. The Bertz CT molecular complexity index is 473. The van der Waals surface area contributed by atoms with E-state index in [9.17, 15) is 8.76 Å². The van der Waals surface area contributed by atoms with Crippen LogP contribution in [0.15, 0.2) is 47.6 Å². The molecule has 4 nitrogen and oxygen atoms in total. The first-order chi connectivity index (χ1) is 7.25. The van der Waals surface area contributed by atoms with Crippen molar-refractivity contribution >= 4 is 11.1 Å². The monoisotopic (exact) mass is 244 g/mol. The van der Waals surface area contributed by atoms with Crippen LogP contribution in [0.2, 0.25) is 0 Å². The topological polar surface area (TPSA) is 57.9 Å². The molecule has 0 aliphatic heterocycles. The summed E-state index contributed by atoms with van der Waals surface area (Å²) in [6, 6.07) is 9.74. The van der Waals surface area contributed by atoms with E-state index in [2.05, 4.69) is 5.10 Å². The van der Waals surface area contributed by atoms with E-state index in [1.165, 1.54) is 12.4 Å². The molecule has 1 heterocycles. The van der Waals surface area contributed by atoms with Crippen LogP contribution in [-0.2, 0) is 17.6 Å². The van der Waals surface area contributed by atoms with Gasteiger partial charge in [-0.05, 0) is 16.6 Å². The van der Waals surface area contributed by atoms with Crippen molar-refractivity contribution in [3.8, 4) is 0 Å². The summed E-state index contributed by atoms with van der Waals surface area (Å²) < 4.78 is 22.8. The van der Waals surface area contributed by atoms with Crippen LogP contribution in [-0.4, -0.2) is 18.5 Å². The van der Waals surface area contributed by atoms with Gasteiger partial charge in [-0.2, -0.15) is 5.10 Å². The Morgan fingerprint density at radius 1 is 1.31 bits per heavy atom. The standard InChI is InChI=1S/C10H10N2O2S.Na/c13-15(14)10-6-11-12(8-10)7-9-4-2-1-3-5-9;/h1-6,8H,7H2,(H,13,14);/q;+1/p-1. The van der Waals surface area contributed by atoms with Crippen LogP contribution in [0.1, 0.15) is 5.56 Å². The maximum absolute atomic E-state index is 10.6. The van der Waals surface area contributed by atoms with Gasteiger partial charge in [-0.15, -0.1) is 0 Å². The number of rotatable bonds is 3. The molecule has 0 bridgehead atoms. The molecule has 0 saturated heterocycles. The van der Waals surface area contributed by atoms with Gasteiger partial charge in [0, 0.05) is 6.20 Å². The Hall–Kier alpha value is -0.460. The summed E-state index contributed by atoms with van der Waals surface area (Å²) in [5, 5.41) is 3.96. The molecule has 0 spiro atoms. The Morgan fingerprint density at radius 2 is 2.00 bits per heavy atom. The molecule has 0 amide bonds. The molecule has 1 aromatic carbocycles. The number of hydrogen-bond acceptors (Lipinski definition) is 3. The van der Waals surface area contributed by atoms with Crippen molar-refractivity contribution in [1.29, 1.82) is 0 Å². The second-order valence-electron chi connectivity index (χ2n) is 3.09. The van der Waals surface area contributed by atoms with Gasteiger partial charge in [-0.25, -0.2) is 0 Å². The number of nitrogens with zero attached hydrogens (tertiary/aromatic N) is 2. The van der Waals surface area contributed by atoms with Crippen LogP contribution >= 0.6 is 0 Å². The molecular formula is C10H9N2NaO2S. The third kappa shape index (κ3) is 3.54. The summed E-state index contributed by atoms with van der Waals surface area (Å²) in [5.74, 6) is 0. The van der Waals surface area contributed by atoms with E-state index < -0.39 is 11.1 Å². The first-order valence-corrected chi connectivity index (χ1v) is 5.49. The van der Waals surface area contributed by atoms with Crippen molar-refractivity contribution in [2.75, 3.05) is 0 Å². The predicted octanol–water partition coefficient (Wildman–Crippen LogP) is -1.83. The van der Waals surface area contributed by atoms with E-state index in [0.717, 1.165) is 5.56 Å². The molecule has 6 heteroatoms. The van der Waals surface area contributed by atoms with Crippen molar-refractivity contribution in [2.45, 2.75) is 11.4 Å². The maximum Gasteiger partial charge on any atom is 1.00 e. The predicted molar refractivity (Wildman–Crippen MR) is 55.0 cm³/mol. The van der Waals surface area contributed by atoms with Crippen molar-refractivity contribution in [3.63, 3.8) is 0 Å². The summed E-state index contributed by atoms with van der Waals surface area (Å²) in [7, 11) is 0. The Kier molecular flexibility index (Phi) is 5.37. The van der Waals surface area contributed by atoms with E-state index >= 15 is 0 Å². The fraction of sp³-hybridized carbons (Fsp3) is 0.100. The van der Waals surface area contributed by atoms with Crippen LogP contribution in [0, 0.1) is 0 Å². The number of aromatic nitrogens is 2. The zero-order chi connectivity index (χ0) is 10.7. The van der Waals surface area contributed by atoms with E-state index in [1.807, 2.05) is 30.3 Å². The molecule has 1 aromatic heterocycles. The van der Waals surface area contributed by atoms with Crippen molar-refractivity contribution in [1.82, 2.24) is 9.78 Å². The van der Waals surface area contributed by atoms with E-state index in [4.69, 9.17) is 0 Å². The van der Waals surface area contributed by atoms with Crippen LogP contribution < -0.4 is 29.6 Å². The van der Waals surface area contributed by atoms with Crippen LogP contribution in [0.25, 0.3) is 0 Å². The Labute approximate surface area is 118 Å². The molecule has 0 saturated carbocycles. The zero-order valence-electron chi connectivity index (χ0n) is 8.87. The summed E-state index contributed by atoms with van der Waals surface area (Å²) in [5.41, 5.74) is 1.09. The minimum absolute atomic E-state index is 0. The molecule has 0 N–H and O–H groups in total. The summed E-state index contributed by atoms with van der Waals surface area (Å²) in [6.45, 7) is 0.581. The van der Waals surface area contributed by atoms with Crippen LogP contribution in [0.3, 0.4) is 0 Å². The second kappa shape index (κ2) is 6.32. The van der Waals surface area contributed by atoms with Crippen molar-refractivity contribution < 1.29 is 38.3 Å². The Morgan fingerprint density at radius 3 is 2.56 bits per heavy atom. The zero-order valence-corrected chi connectivity index (χ0v) is 11.7. The third-order valence-corrected chi connectivity index (χ3v) is 2.59. The molecule has 0 aliphatic carbocycles. The van der Waals surface area contributed by atoms with Gasteiger partial charge in [0.1, 0.15) is 0 Å². The van der Waals surface area contributed by atoms with E-state index in [0.29, 0.717) is 6.54 Å². The largest absolute Gasteiger partial charge is 1.00 e. The average Bonchev–Trinajstić information content (AvgIpc) is 2.68. The van der Waals surface area contributed by atoms with Gasteiger partial charge in [0.25, 0.3) is 0 Å². The molecule has 78 valence electrons. The first kappa shape index (κ1) is 13.6. The fourth-order valence-electron chi connectivity index (χ4n) is 1.29. The van der Waals surface area contributed by atoms with Gasteiger partial charge in [0.05, 0.1) is 17.6 Å². The molecule has 0 aliphatic rings. The molecule has 1 unspecified atom stereocenters. The van der Waals surface area contributed by atoms with Gasteiger partial charge < -0.3 is 4.55 Å². The molecule has 2 aromatic rings. The van der Waals surface area contributed by atoms with E-state index in [1.54, 1.807) is 4.68 Å². The minimum Gasteiger partial charge on any atom is -0.768 e. The van der Waals surface area contributed by atoms with Crippen LogP contribution in [0.5, 0.6) is 0 Å². The first-order valence-electron chi connectivity index (χ1n) is 4.41. The molecule has 1 atom stereocenters. The van der Waals surface area contributed by atoms with E-state index in [-0.39, 0.29) is 34.5 Å². The maximum atomic E-state index is 10.6. The quantitative estimate of drug-likeness (QED) is 0.471. The molecular weight excluding hydrogens is 235 g/mol. The summed E-state index contributed by atoms with van der Waals surface area (Å²) in [4.78, 5) is 0.214. The summed E-state index contributed by atoms with van der Waals surface area (Å²) in [6.07, 6.45) is 2.85. The van der Waals surface area contributed by atoms with Gasteiger partial charge in [0.15, 0.2) is 0 Å². The second-order valence-corrected chi connectivity index (χ2v) is 4.03. The van der Waals surface area contributed by atoms with Crippen LogP contribution in [0.4, 0.5) is 0 Å². The Balaban J connectivity index is 0.00000128. The summed E-state index contributed by atoms with van der Waals surface area (Å²) >= 11 is -2.20. The van der Waals surface area contributed by atoms with Gasteiger partial charge in [-0.3, -0.25) is 8.89 Å². The van der Waals surface area contributed by atoms with Gasteiger partial charge in [0.2, 0.25) is 0 Å². The van der Waals surface area contributed by atoms with Gasteiger partial charge >= 0.3 is 29.6 Å². The third-order valence-electron chi connectivity index (χ3n) is 1.99. The molecule has 2 rings (SSSR count). The minimum atomic E-state index is -2.20. The van der Waals surface area contributed by atoms with Crippen molar-refractivity contribution in [2.24, 2.45) is 0 Å². The molecule has 0 radical (unpaired) electrons. The molecule has 16 heavy (non-hydrogen) atoms. The van der Waals surface area contributed by atoms with Gasteiger partial charge in [-0.1, -0.05) is 30.3 Å². The van der Waals surface area contributed by atoms with Crippen molar-refractivity contribution in [3.05, 3.63) is 48.3 Å². The SMILES string of the molecule is O=S([O-])c1cnn(Cc2ccccc2)c1.[Na+]. The fourth-order valence-corrected chi connectivity index (χ4v) is 1.63. The smallest absolute Gasteiger partial charge is 0.768 e. The normalized spacial score (nSPS) is 11.8. The number of hydrogen-bond donors (Lipinski definition) is 0. The average molecular weight is 244 g/mol.